The van der Waals surface area contributed by atoms with Crippen LogP contribution in [0.4, 0.5) is 4.39 Å². The van der Waals surface area contributed by atoms with Crippen LogP contribution in [0, 0.1) is 5.82 Å². The second kappa shape index (κ2) is 7.89. The highest BCUT2D eigenvalue weighted by atomic mass is 19.1. The van der Waals surface area contributed by atoms with Crippen LogP contribution in [0.15, 0.2) is 24.3 Å². The lowest BCUT2D eigenvalue weighted by Gasteiger charge is -2.26. The summed E-state index contributed by atoms with van der Waals surface area (Å²) in [5.74, 6) is -0.679. The molecule has 1 atom stereocenters. The fraction of sp³-hybridized carbons (Fsp3) is 0.500. The highest BCUT2D eigenvalue weighted by molar-refractivity contribution is 5.94. The molecule has 0 saturated carbocycles. The van der Waals surface area contributed by atoms with Crippen LogP contribution in [-0.4, -0.2) is 49.1 Å². The van der Waals surface area contributed by atoms with Crippen molar-refractivity contribution in [3.05, 3.63) is 35.6 Å². The van der Waals surface area contributed by atoms with Gasteiger partial charge in [-0.25, -0.2) is 4.39 Å². The molecule has 1 N–H and O–H groups in total. The van der Waals surface area contributed by atoms with Gasteiger partial charge in [-0.3, -0.25) is 9.59 Å². The summed E-state index contributed by atoms with van der Waals surface area (Å²) in [6, 6.07) is 5.46. The third kappa shape index (κ3) is 4.53. The number of benzene rings is 1. The van der Waals surface area contributed by atoms with E-state index < -0.39 is 0 Å². The van der Waals surface area contributed by atoms with Crippen LogP contribution < -0.4 is 5.32 Å². The average Bonchev–Trinajstić information content (AvgIpc) is 2.72. The normalized spacial score (nSPS) is 18.6. The highest BCUT2D eigenvalue weighted by Gasteiger charge is 2.21. The fourth-order valence-corrected chi connectivity index (χ4v) is 2.40. The molecule has 5 nitrogen and oxygen atoms in total. The third-order valence-corrected chi connectivity index (χ3v) is 3.74. The van der Waals surface area contributed by atoms with E-state index in [0.717, 1.165) is 6.42 Å². The Balaban J connectivity index is 1.78. The third-order valence-electron chi connectivity index (χ3n) is 3.74. The van der Waals surface area contributed by atoms with Crippen molar-refractivity contribution in [3.63, 3.8) is 0 Å². The minimum absolute atomic E-state index is 0.0115. The van der Waals surface area contributed by atoms with Crippen LogP contribution in [0.3, 0.4) is 0 Å². The Labute approximate surface area is 129 Å². The molecule has 1 saturated heterocycles. The molecule has 22 heavy (non-hydrogen) atoms. The van der Waals surface area contributed by atoms with E-state index in [4.69, 9.17) is 4.74 Å². The van der Waals surface area contributed by atoms with Crippen LogP contribution in [0.1, 0.15) is 30.1 Å². The van der Waals surface area contributed by atoms with Crippen LogP contribution in [0.5, 0.6) is 0 Å². The molecule has 120 valence electrons. The van der Waals surface area contributed by atoms with E-state index in [2.05, 4.69) is 5.32 Å². The SMILES string of the molecule is CC1CCOCCN1C(=O)CCNC(=O)c1ccc(F)cc1. The van der Waals surface area contributed by atoms with Crippen LogP contribution in [-0.2, 0) is 9.53 Å². The minimum Gasteiger partial charge on any atom is -0.380 e. The molecule has 1 heterocycles. The Morgan fingerprint density at radius 1 is 1.32 bits per heavy atom. The highest BCUT2D eigenvalue weighted by Crippen LogP contribution is 2.10. The lowest BCUT2D eigenvalue weighted by Crippen LogP contribution is -2.40. The Bertz CT molecular complexity index is 519. The van der Waals surface area contributed by atoms with Crippen molar-refractivity contribution >= 4 is 11.8 Å². The van der Waals surface area contributed by atoms with Crippen molar-refractivity contribution in [2.45, 2.75) is 25.8 Å². The molecule has 1 unspecified atom stereocenters. The van der Waals surface area contributed by atoms with Gasteiger partial charge in [0.15, 0.2) is 0 Å². The van der Waals surface area contributed by atoms with Gasteiger partial charge in [-0.05, 0) is 37.6 Å². The maximum absolute atomic E-state index is 12.8. The van der Waals surface area contributed by atoms with Gasteiger partial charge in [-0.15, -0.1) is 0 Å². The van der Waals surface area contributed by atoms with E-state index in [1.165, 1.54) is 24.3 Å². The van der Waals surface area contributed by atoms with E-state index in [9.17, 15) is 14.0 Å². The Kier molecular flexibility index (Phi) is 5.89. The average molecular weight is 308 g/mol. The van der Waals surface area contributed by atoms with Crippen LogP contribution in [0.25, 0.3) is 0 Å². The predicted molar refractivity (Wildman–Crippen MR) is 80.0 cm³/mol. The van der Waals surface area contributed by atoms with Gasteiger partial charge in [0.1, 0.15) is 5.82 Å². The summed E-state index contributed by atoms with van der Waals surface area (Å²) in [6.07, 6.45) is 1.07. The first-order valence-electron chi connectivity index (χ1n) is 7.49. The summed E-state index contributed by atoms with van der Waals surface area (Å²) in [5.41, 5.74) is 0.380. The van der Waals surface area contributed by atoms with Gasteiger partial charge in [0.2, 0.25) is 5.91 Å². The quantitative estimate of drug-likeness (QED) is 0.919. The maximum atomic E-state index is 12.8. The second-order valence-electron chi connectivity index (χ2n) is 5.35. The molecular formula is C16H21FN2O3. The number of halogens is 1. The summed E-state index contributed by atoms with van der Waals surface area (Å²) in [6.45, 7) is 4.08. The topological polar surface area (TPSA) is 58.6 Å². The first-order chi connectivity index (χ1) is 10.6. The number of hydrogen-bond acceptors (Lipinski definition) is 3. The van der Waals surface area contributed by atoms with Gasteiger partial charge < -0.3 is 15.0 Å². The van der Waals surface area contributed by atoms with E-state index in [-0.39, 0.29) is 36.6 Å². The Morgan fingerprint density at radius 3 is 2.77 bits per heavy atom. The number of ether oxygens (including phenoxy) is 1. The molecular weight excluding hydrogens is 287 g/mol. The molecule has 1 aromatic carbocycles. The predicted octanol–water partition coefficient (Wildman–Crippen LogP) is 1.58. The molecule has 1 aromatic rings. The van der Waals surface area contributed by atoms with Gasteiger partial charge in [0, 0.05) is 37.7 Å². The number of rotatable bonds is 4. The zero-order chi connectivity index (χ0) is 15.9. The first-order valence-corrected chi connectivity index (χ1v) is 7.49. The van der Waals surface area contributed by atoms with E-state index in [0.29, 0.717) is 25.3 Å². The number of nitrogens with one attached hydrogen (secondary N) is 1. The summed E-state index contributed by atoms with van der Waals surface area (Å²) in [4.78, 5) is 25.9. The molecule has 1 aliphatic rings. The van der Waals surface area contributed by atoms with E-state index in [1.54, 1.807) is 4.90 Å². The van der Waals surface area contributed by atoms with Crippen molar-refractivity contribution in [3.8, 4) is 0 Å². The van der Waals surface area contributed by atoms with Crippen LogP contribution >= 0.6 is 0 Å². The zero-order valence-electron chi connectivity index (χ0n) is 12.7. The largest absolute Gasteiger partial charge is 0.380 e. The fourth-order valence-electron chi connectivity index (χ4n) is 2.40. The van der Waals surface area contributed by atoms with Gasteiger partial charge in [0.05, 0.1) is 6.61 Å². The van der Waals surface area contributed by atoms with Crippen molar-refractivity contribution in [2.24, 2.45) is 0 Å². The molecule has 1 aliphatic heterocycles. The summed E-state index contributed by atoms with van der Waals surface area (Å²) in [5, 5.41) is 2.68. The Morgan fingerprint density at radius 2 is 2.05 bits per heavy atom. The summed E-state index contributed by atoms with van der Waals surface area (Å²) in [7, 11) is 0. The maximum Gasteiger partial charge on any atom is 0.251 e. The van der Waals surface area contributed by atoms with Gasteiger partial charge in [0.25, 0.3) is 5.91 Å². The lowest BCUT2D eigenvalue weighted by molar-refractivity contribution is -0.132. The molecule has 2 rings (SSSR count). The zero-order valence-corrected chi connectivity index (χ0v) is 12.7. The molecule has 0 radical (unpaired) electrons. The monoisotopic (exact) mass is 308 g/mol. The summed E-state index contributed by atoms with van der Waals surface area (Å²) < 4.78 is 18.2. The minimum atomic E-state index is -0.385. The lowest BCUT2D eigenvalue weighted by atomic mass is 10.2. The number of carbonyl (C=O) groups is 2. The smallest absolute Gasteiger partial charge is 0.251 e. The van der Waals surface area contributed by atoms with E-state index >= 15 is 0 Å². The number of hydrogen-bond donors (Lipinski definition) is 1. The molecule has 2 amide bonds. The molecule has 0 aromatic heterocycles. The van der Waals surface area contributed by atoms with Gasteiger partial charge in [-0.2, -0.15) is 0 Å². The molecule has 1 fully saturated rings. The first kappa shape index (κ1) is 16.4. The number of amides is 2. The van der Waals surface area contributed by atoms with Crippen molar-refractivity contribution in [1.82, 2.24) is 10.2 Å². The number of carbonyl (C=O) groups excluding carboxylic acids is 2. The number of nitrogens with zero attached hydrogens (tertiary/aromatic N) is 1. The van der Waals surface area contributed by atoms with Crippen molar-refractivity contribution in [2.75, 3.05) is 26.3 Å². The Hall–Kier alpha value is -1.95. The van der Waals surface area contributed by atoms with Gasteiger partial charge >= 0.3 is 0 Å². The standard InChI is InChI=1S/C16H21FN2O3/c1-12-7-10-22-11-9-19(12)15(20)6-8-18-16(21)13-2-4-14(17)5-3-13/h2-5,12H,6-11H2,1H3,(H,18,21). The second-order valence-corrected chi connectivity index (χ2v) is 5.35. The van der Waals surface area contributed by atoms with Crippen LogP contribution in [0.2, 0.25) is 0 Å². The van der Waals surface area contributed by atoms with Crippen molar-refractivity contribution < 1.29 is 18.7 Å². The molecule has 6 heteroatoms. The van der Waals surface area contributed by atoms with Gasteiger partial charge in [-0.1, -0.05) is 0 Å². The molecule has 0 spiro atoms. The summed E-state index contributed by atoms with van der Waals surface area (Å²) >= 11 is 0. The molecule has 0 aliphatic carbocycles. The van der Waals surface area contributed by atoms with E-state index in [1.807, 2.05) is 6.92 Å². The van der Waals surface area contributed by atoms with Crippen molar-refractivity contribution in [1.29, 1.82) is 0 Å². The molecule has 0 bridgehead atoms.